The van der Waals surface area contributed by atoms with E-state index < -0.39 is 166 Å². The smallest absolute Gasteiger partial charge is 0.305 e. The number of nitrogens with one attached hydrogen (secondary N) is 5. The second-order valence-electron chi connectivity index (χ2n) is 31.7. The van der Waals surface area contributed by atoms with E-state index in [0.29, 0.717) is 45.1 Å². The fourth-order valence-electron chi connectivity index (χ4n) is 12.9. The molecule has 0 aromatic heterocycles. The molecule has 1 heterocycles. The molecule has 1 aliphatic heterocycles. The van der Waals surface area contributed by atoms with E-state index in [0.717, 1.165) is 11.3 Å². The number of thioether (sulfide) groups is 1. The second-order valence-corrected chi connectivity index (χ2v) is 33.4. The number of aliphatic hydroxyl groups excluding tert-OH is 1. The van der Waals surface area contributed by atoms with Gasteiger partial charge in [0.1, 0.15) is 66.5 Å². The standard InChI is InChI=1S/C75H136N12O15S/c1-28-53-69(96)85(24)58(42-103-75(18,19)37-36-59(89)102-27)72(99)82(21)55(39-44(4)5)66(93)80-60(47(10)11)73(100)81(20)54(35-34-43(2)3)65(92)77-50(15)64(91)78-51(16)68(95)83(22)56(40-45(6)7)70(97)84(23)57(41-46(8)9)71(98)86(25)61(48(12)13)74(101)87(26)62(67(94)79-53)63(90)49(14)33-31-29-30-32-38-76-52(17)88/h43-51,53-58,60-63,90H,28-42H2,1-27H3,(H,76,88)(H,77,92)(H,78,91)(H,79,94)(H,80,93)/t49-,50-,51+,53+,54-,55+,56-,57+,58-,60-,61+,62+,63-/m1/s1. The summed E-state index contributed by atoms with van der Waals surface area (Å²) in [4.78, 5) is 199. The summed E-state index contributed by atoms with van der Waals surface area (Å²) in [6.45, 7) is 33.9. The molecular formula is C75H136N12O15S. The minimum absolute atomic E-state index is 0.0399. The van der Waals surface area contributed by atoms with Gasteiger partial charge in [0, 0.05) is 79.7 Å². The third-order valence-corrected chi connectivity index (χ3v) is 21.2. The molecule has 1 saturated heterocycles. The summed E-state index contributed by atoms with van der Waals surface area (Å²) in [6.07, 6.45) is 2.85. The zero-order chi connectivity index (χ0) is 79.6. The first-order valence-electron chi connectivity index (χ1n) is 37.4. The van der Waals surface area contributed by atoms with E-state index >= 15 is 38.4 Å². The molecule has 12 amide bonds. The lowest BCUT2D eigenvalue weighted by molar-refractivity contribution is -0.157. The van der Waals surface area contributed by atoms with Crippen molar-refractivity contribution in [1.29, 1.82) is 0 Å². The molecular weight excluding hydrogens is 1340 g/mol. The summed E-state index contributed by atoms with van der Waals surface area (Å²) in [5.74, 6) is -10.8. The van der Waals surface area contributed by atoms with Crippen LogP contribution in [0.1, 0.15) is 215 Å². The number of carbonyl (C=O) groups excluding carboxylic acids is 13. The number of hydrogen-bond acceptors (Lipinski definition) is 16. The van der Waals surface area contributed by atoms with Crippen LogP contribution in [-0.4, -0.2) is 262 Å². The summed E-state index contributed by atoms with van der Waals surface area (Å²) in [5, 5.41) is 26.6. The maximum absolute atomic E-state index is 15.6. The van der Waals surface area contributed by atoms with Gasteiger partial charge in [0.2, 0.25) is 70.9 Å². The lowest BCUT2D eigenvalue weighted by Gasteiger charge is -2.42. The Bertz CT molecular complexity index is 2820. The second kappa shape index (κ2) is 44.4. The number of unbranched alkanes of at least 4 members (excludes halogenated alkanes) is 3. The minimum atomic E-state index is -1.69. The molecule has 1 rings (SSSR count). The summed E-state index contributed by atoms with van der Waals surface area (Å²) in [6, 6.07) is -14.3. The van der Waals surface area contributed by atoms with Gasteiger partial charge in [-0.3, -0.25) is 62.3 Å². The van der Waals surface area contributed by atoms with Gasteiger partial charge in [0.05, 0.1) is 13.2 Å². The van der Waals surface area contributed by atoms with E-state index in [-0.39, 0.29) is 73.9 Å². The fourth-order valence-corrected chi connectivity index (χ4v) is 14.1. The Morgan fingerprint density at radius 2 is 0.961 bits per heavy atom. The molecule has 0 radical (unpaired) electrons. The quantitative estimate of drug-likeness (QED) is 0.0430. The first-order chi connectivity index (χ1) is 47.6. The van der Waals surface area contributed by atoms with Gasteiger partial charge >= 0.3 is 5.97 Å². The van der Waals surface area contributed by atoms with E-state index in [9.17, 15) is 29.1 Å². The Kier molecular flexibility index (Phi) is 40.7. The van der Waals surface area contributed by atoms with Gasteiger partial charge in [0.15, 0.2) is 0 Å². The fraction of sp³-hybridized carbons (Fsp3) is 0.827. The van der Waals surface area contributed by atoms with Crippen molar-refractivity contribution in [3.63, 3.8) is 0 Å². The normalized spacial score (nSPS) is 25.0. The van der Waals surface area contributed by atoms with E-state index in [1.165, 1.54) is 118 Å². The number of likely N-dealkylation sites (N-methyl/N-ethyl adjacent to an activating group) is 7. The van der Waals surface area contributed by atoms with Crippen molar-refractivity contribution < 1.29 is 72.2 Å². The predicted molar refractivity (Wildman–Crippen MR) is 402 cm³/mol. The van der Waals surface area contributed by atoms with Gasteiger partial charge in [-0.1, -0.05) is 130 Å². The molecule has 0 bridgehead atoms. The summed E-state index contributed by atoms with van der Waals surface area (Å²) in [7, 11) is 11.2. The molecule has 28 heteroatoms. The summed E-state index contributed by atoms with van der Waals surface area (Å²) in [5.41, 5.74) is 0. The van der Waals surface area contributed by atoms with E-state index in [2.05, 4.69) is 26.6 Å². The van der Waals surface area contributed by atoms with Crippen LogP contribution >= 0.6 is 11.8 Å². The van der Waals surface area contributed by atoms with Crippen molar-refractivity contribution in [3.8, 4) is 0 Å². The minimum Gasteiger partial charge on any atom is -0.469 e. The Morgan fingerprint density at radius 1 is 0.505 bits per heavy atom. The zero-order valence-electron chi connectivity index (χ0n) is 67.8. The number of amides is 12. The van der Waals surface area contributed by atoms with Crippen LogP contribution in [0.5, 0.6) is 0 Å². The van der Waals surface area contributed by atoms with Gasteiger partial charge in [-0.25, -0.2) is 0 Å². The van der Waals surface area contributed by atoms with Crippen molar-refractivity contribution in [3.05, 3.63) is 0 Å². The Hall–Kier alpha value is -6.58. The number of carbonyl (C=O) groups is 13. The molecule has 0 unspecified atom stereocenters. The van der Waals surface area contributed by atoms with Crippen LogP contribution in [0.25, 0.3) is 0 Å². The van der Waals surface area contributed by atoms with Crippen LogP contribution < -0.4 is 26.6 Å². The van der Waals surface area contributed by atoms with Crippen LogP contribution in [-0.2, 0) is 67.1 Å². The van der Waals surface area contributed by atoms with Crippen molar-refractivity contribution in [2.24, 2.45) is 41.4 Å². The van der Waals surface area contributed by atoms with Crippen molar-refractivity contribution >= 4 is 88.6 Å². The molecule has 0 aromatic rings. The number of esters is 1. The van der Waals surface area contributed by atoms with Crippen LogP contribution in [0, 0.1) is 41.4 Å². The maximum atomic E-state index is 15.6. The molecule has 592 valence electrons. The maximum Gasteiger partial charge on any atom is 0.305 e. The van der Waals surface area contributed by atoms with Gasteiger partial charge in [-0.2, -0.15) is 11.8 Å². The van der Waals surface area contributed by atoms with E-state index in [1.54, 1.807) is 41.5 Å². The highest BCUT2D eigenvalue weighted by Crippen LogP contribution is 2.33. The molecule has 6 N–H and O–H groups in total. The lowest BCUT2D eigenvalue weighted by Crippen LogP contribution is -2.64. The van der Waals surface area contributed by atoms with Crippen LogP contribution in [0.15, 0.2) is 0 Å². The van der Waals surface area contributed by atoms with Gasteiger partial charge in [0.25, 0.3) is 0 Å². The summed E-state index contributed by atoms with van der Waals surface area (Å²) < 4.78 is 4.24. The number of aliphatic hydroxyl groups is 1. The molecule has 13 atom stereocenters. The number of ether oxygens (including phenoxy) is 1. The van der Waals surface area contributed by atoms with Crippen LogP contribution in [0.4, 0.5) is 0 Å². The molecule has 103 heavy (non-hydrogen) atoms. The van der Waals surface area contributed by atoms with Gasteiger partial charge in [-0.15, -0.1) is 0 Å². The Balaban J connectivity index is 4.64. The van der Waals surface area contributed by atoms with Crippen molar-refractivity contribution in [2.45, 2.75) is 292 Å². The average Bonchev–Trinajstić information content (AvgIpc) is 0.809. The first-order valence-corrected chi connectivity index (χ1v) is 38.3. The molecule has 27 nitrogen and oxygen atoms in total. The molecule has 0 saturated carbocycles. The average molecular weight is 1480 g/mol. The third kappa shape index (κ3) is 29.4. The van der Waals surface area contributed by atoms with Gasteiger partial charge in [-0.05, 0) is 113 Å². The molecule has 1 aliphatic rings. The van der Waals surface area contributed by atoms with Gasteiger partial charge < -0.3 is 70.7 Å². The number of hydrogen-bond donors (Lipinski definition) is 6. The largest absolute Gasteiger partial charge is 0.469 e. The van der Waals surface area contributed by atoms with Crippen molar-refractivity contribution in [2.75, 3.05) is 68.7 Å². The number of rotatable bonds is 27. The molecule has 0 spiro atoms. The molecule has 0 aliphatic carbocycles. The lowest BCUT2D eigenvalue weighted by atomic mass is 9.90. The van der Waals surface area contributed by atoms with E-state index in [4.69, 9.17) is 4.74 Å². The summed E-state index contributed by atoms with van der Waals surface area (Å²) >= 11 is 1.29. The zero-order valence-corrected chi connectivity index (χ0v) is 68.6. The number of nitrogens with zero attached hydrogens (tertiary/aromatic N) is 7. The predicted octanol–water partition coefficient (Wildman–Crippen LogP) is 5.61. The third-order valence-electron chi connectivity index (χ3n) is 19.7. The monoisotopic (exact) mass is 1480 g/mol. The highest BCUT2D eigenvalue weighted by Gasteiger charge is 2.47. The van der Waals surface area contributed by atoms with E-state index in [1.807, 2.05) is 69.2 Å². The Labute approximate surface area is 621 Å². The van der Waals surface area contributed by atoms with Crippen LogP contribution in [0.3, 0.4) is 0 Å². The first kappa shape index (κ1) is 94.4. The highest BCUT2D eigenvalue weighted by atomic mass is 32.2. The van der Waals surface area contributed by atoms with Crippen LogP contribution in [0.2, 0.25) is 0 Å². The highest BCUT2D eigenvalue weighted by molar-refractivity contribution is 8.00. The molecule has 0 aromatic carbocycles. The SMILES string of the molecule is CC[C@@H]1NC(=O)[C@H]([C@H](O)[C@H](C)CCCCCCNC(C)=O)N(C)C(=O)[C@H](C(C)C)N(C)C(=O)[C@H](CC(C)C)N(C)C(=O)[C@@H](CC(C)C)N(C)C(=O)[C@H](C)NC(=O)[C@@H](C)NC(=O)[C@@H](CCC(C)C)N(C)C(=O)[C@@H](C(C)C)NC(=O)[C@H](CC(C)C)N(C)C(=O)[C@@H](CSC(C)(C)CCC(=O)OC)N(C)C1=O. The van der Waals surface area contributed by atoms with Crippen molar-refractivity contribution in [1.82, 2.24) is 60.9 Å². The topological polar surface area (TPSA) is 334 Å². The number of methoxy groups -OCH3 is 1. The molecule has 1 fully saturated rings. The Morgan fingerprint density at radius 3 is 1.46 bits per heavy atom.